The van der Waals surface area contributed by atoms with Gasteiger partial charge in [0.05, 0.1) is 12.7 Å². The zero-order chi connectivity index (χ0) is 12.1. The van der Waals surface area contributed by atoms with Crippen LogP contribution in [-0.4, -0.2) is 16.3 Å². The van der Waals surface area contributed by atoms with Crippen molar-refractivity contribution in [2.75, 3.05) is 0 Å². The topological polar surface area (TPSA) is 58.3 Å². The SMILES string of the molecule is CC(Cc1ccc(O)cc1)NCc1ccno1. The molecule has 2 aromatic rings. The molecule has 1 heterocycles. The lowest BCUT2D eigenvalue weighted by molar-refractivity contribution is 0.364. The van der Waals surface area contributed by atoms with E-state index in [2.05, 4.69) is 17.4 Å². The van der Waals surface area contributed by atoms with Crippen LogP contribution in [0.25, 0.3) is 0 Å². The van der Waals surface area contributed by atoms with Gasteiger partial charge in [0.25, 0.3) is 0 Å². The van der Waals surface area contributed by atoms with E-state index in [0.29, 0.717) is 18.3 Å². The molecule has 0 saturated heterocycles. The zero-order valence-electron chi connectivity index (χ0n) is 9.76. The molecule has 2 N–H and O–H groups in total. The maximum atomic E-state index is 9.18. The molecular weight excluding hydrogens is 216 g/mol. The van der Waals surface area contributed by atoms with Crippen molar-refractivity contribution in [3.63, 3.8) is 0 Å². The van der Waals surface area contributed by atoms with Crippen molar-refractivity contribution in [2.24, 2.45) is 0 Å². The molecule has 0 amide bonds. The third-order valence-corrected chi connectivity index (χ3v) is 2.59. The fourth-order valence-corrected chi connectivity index (χ4v) is 1.67. The van der Waals surface area contributed by atoms with Crippen LogP contribution in [0.1, 0.15) is 18.2 Å². The van der Waals surface area contributed by atoms with Crippen molar-refractivity contribution in [3.05, 3.63) is 47.9 Å². The largest absolute Gasteiger partial charge is 0.508 e. The first-order valence-corrected chi connectivity index (χ1v) is 5.65. The Balaban J connectivity index is 1.80. The van der Waals surface area contributed by atoms with Gasteiger partial charge in [-0.05, 0) is 31.0 Å². The molecule has 0 radical (unpaired) electrons. The molecule has 17 heavy (non-hydrogen) atoms. The number of rotatable bonds is 5. The number of benzene rings is 1. The van der Waals surface area contributed by atoms with Gasteiger partial charge in [-0.3, -0.25) is 0 Å². The smallest absolute Gasteiger partial charge is 0.150 e. The van der Waals surface area contributed by atoms with Gasteiger partial charge in [-0.2, -0.15) is 0 Å². The number of aromatic nitrogens is 1. The average Bonchev–Trinajstić information content (AvgIpc) is 2.83. The van der Waals surface area contributed by atoms with E-state index < -0.39 is 0 Å². The summed E-state index contributed by atoms with van der Waals surface area (Å²) in [4.78, 5) is 0. The van der Waals surface area contributed by atoms with Crippen molar-refractivity contribution in [3.8, 4) is 5.75 Å². The Labute approximate surface area is 100 Å². The van der Waals surface area contributed by atoms with Crippen LogP contribution in [0.2, 0.25) is 0 Å². The van der Waals surface area contributed by atoms with Gasteiger partial charge in [-0.15, -0.1) is 0 Å². The molecule has 0 fully saturated rings. The number of phenols is 1. The van der Waals surface area contributed by atoms with Crippen LogP contribution < -0.4 is 5.32 Å². The van der Waals surface area contributed by atoms with Gasteiger partial charge in [0.2, 0.25) is 0 Å². The predicted octanol–water partition coefficient (Wildman–Crippen LogP) is 2.10. The second kappa shape index (κ2) is 5.50. The van der Waals surface area contributed by atoms with Crippen molar-refractivity contribution in [1.82, 2.24) is 10.5 Å². The van der Waals surface area contributed by atoms with Crippen LogP contribution in [0.4, 0.5) is 0 Å². The van der Waals surface area contributed by atoms with Gasteiger partial charge in [0.15, 0.2) is 0 Å². The second-order valence-corrected chi connectivity index (χ2v) is 4.13. The summed E-state index contributed by atoms with van der Waals surface area (Å²) in [5, 5.41) is 16.2. The minimum atomic E-state index is 0.302. The molecule has 1 aromatic carbocycles. The molecule has 4 nitrogen and oxygen atoms in total. The van der Waals surface area contributed by atoms with Gasteiger partial charge in [-0.25, -0.2) is 0 Å². The first-order valence-electron chi connectivity index (χ1n) is 5.65. The molecule has 0 bridgehead atoms. The Morgan fingerprint density at radius 1 is 1.29 bits per heavy atom. The van der Waals surface area contributed by atoms with E-state index in [1.165, 1.54) is 5.56 Å². The molecule has 1 atom stereocenters. The van der Waals surface area contributed by atoms with Gasteiger partial charge in [-0.1, -0.05) is 17.3 Å². The normalized spacial score (nSPS) is 12.5. The molecule has 0 saturated carbocycles. The predicted molar refractivity (Wildman–Crippen MR) is 64.6 cm³/mol. The molecule has 0 aliphatic heterocycles. The number of phenolic OH excluding ortho intramolecular Hbond substituents is 1. The van der Waals surface area contributed by atoms with Gasteiger partial charge >= 0.3 is 0 Å². The van der Waals surface area contributed by atoms with E-state index in [1.807, 2.05) is 18.2 Å². The summed E-state index contributed by atoms with van der Waals surface area (Å²) in [5.41, 5.74) is 1.19. The number of nitrogens with one attached hydrogen (secondary N) is 1. The second-order valence-electron chi connectivity index (χ2n) is 4.13. The van der Waals surface area contributed by atoms with Crippen LogP contribution in [0.3, 0.4) is 0 Å². The Morgan fingerprint density at radius 3 is 2.71 bits per heavy atom. The number of hydrogen-bond donors (Lipinski definition) is 2. The van der Waals surface area contributed by atoms with E-state index in [1.54, 1.807) is 18.3 Å². The summed E-state index contributed by atoms with van der Waals surface area (Å²) < 4.78 is 5.00. The number of hydrogen-bond acceptors (Lipinski definition) is 4. The van der Waals surface area contributed by atoms with Crippen LogP contribution in [0.15, 0.2) is 41.1 Å². The highest BCUT2D eigenvalue weighted by Crippen LogP contribution is 2.11. The molecule has 0 aliphatic carbocycles. The van der Waals surface area contributed by atoms with Crippen LogP contribution in [0, 0.1) is 0 Å². The van der Waals surface area contributed by atoms with Crippen LogP contribution in [0.5, 0.6) is 5.75 Å². The molecule has 90 valence electrons. The van der Waals surface area contributed by atoms with Crippen molar-refractivity contribution in [2.45, 2.75) is 25.9 Å². The molecule has 0 aliphatic rings. The molecular formula is C13H16N2O2. The lowest BCUT2D eigenvalue weighted by atomic mass is 10.1. The number of aromatic hydroxyl groups is 1. The zero-order valence-corrected chi connectivity index (χ0v) is 9.76. The standard InChI is InChI=1S/C13H16N2O2/c1-10(14-9-13-6-7-15-17-13)8-11-2-4-12(16)5-3-11/h2-7,10,14,16H,8-9H2,1H3. The highest BCUT2D eigenvalue weighted by Gasteiger charge is 2.04. The summed E-state index contributed by atoms with van der Waals surface area (Å²) >= 11 is 0. The third kappa shape index (κ3) is 3.60. The number of nitrogens with zero attached hydrogens (tertiary/aromatic N) is 1. The minimum absolute atomic E-state index is 0.302. The average molecular weight is 232 g/mol. The van der Waals surface area contributed by atoms with E-state index >= 15 is 0 Å². The fraction of sp³-hybridized carbons (Fsp3) is 0.308. The minimum Gasteiger partial charge on any atom is -0.508 e. The summed E-state index contributed by atoms with van der Waals surface area (Å²) in [6.45, 7) is 2.79. The highest BCUT2D eigenvalue weighted by atomic mass is 16.5. The van der Waals surface area contributed by atoms with E-state index in [4.69, 9.17) is 4.52 Å². The van der Waals surface area contributed by atoms with E-state index in [0.717, 1.165) is 12.2 Å². The Hall–Kier alpha value is -1.81. The van der Waals surface area contributed by atoms with Crippen LogP contribution in [-0.2, 0) is 13.0 Å². The maximum absolute atomic E-state index is 9.18. The van der Waals surface area contributed by atoms with Gasteiger partial charge in [0, 0.05) is 12.1 Å². The Bertz CT molecular complexity index is 437. The van der Waals surface area contributed by atoms with Crippen molar-refractivity contribution in [1.29, 1.82) is 0 Å². The van der Waals surface area contributed by atoms with Gasteiger partial charge < -0.3 is 14.9 Å². The van der Waals surface area contributed by atoms with Crippen molar-refractivity contribution < 1.29 is 9.63 Å². The summed E-state index contributed by atoms with van der Waals surface area (Å²) in [5.74, 6) is 1.14. The van der Waals surface area contributed by atoms with E-state index in [9.17, 15) is 5.11 Å². The first kappa shape index (κ1) is 11.7. The van der Waals surface area contributed by atoms with Crippen molar-refractivity contribution >= 4 is 0 Å². The molecule has 4 heteroatoms. The molecule has 0 spiro atoms. The maximum Gasteiger partial charge on any atom is 0.150 e. The molecule has 1 aromatic heterocycles. The summed E-state index contributed by atoms with van der Waals surface area (Å²) in [6, 6.07) is 9.46. The monoisotopic (exact) mass is 232 g/mol. The van der Waals surface area contributed by atoms with Crippen LogP contribution >= 0.6 is 0 Å². The lowest BCUT2D eigenvalue weighted by Gasteiger charge is -2.12. The Morgan fingerprint density at radius 2 is 2.06 bits per heavy atom. The third-order valence-electron chi connectivity index (χ3n) is 2.59. The molecule has 2 rings (SSSR count). The molecule has 1 unspecified atom stereocenters. The van der Waals surface area contributed by atoms with E-state index in [-0.39, 0.29) is 0 Å². The fourth-order valence-electron chi connectivity index (χ4n) is 1.67. The highest BCUT2D eigenvalue weighted by molar-refractivity contribution is 5.26. The van der Waals surface area contributed by atoms with Gasteiger partial charge in [0.1, 0.15) is 11.5 Å². The first-order chi connectivity index (χ1) is 8.24. The lowest BCUT2D eigenvalue weighted by Crippen LogP contribution is -2.27. The summed E-state index contributed by atoms with van der Waals surface area (Å²) in [7, 11) is 0. The quantitative estimate of drug-likeness (QED) is 0.828. The Kier molecular flexibility index (Phi) is 3.77. The summed E-state index contributed by atoms with van der Waals surface area (Å²) in [6.07, 6.45) is 2.55.